The Kier molecular flexibility index (Phi) is 2.09. The van der Waals surface area contributed by atoms with Gasteiger partial charge < -0.3 is 11.5 Å². The zero-order chi connectivity index (χ0) is 8.43. The second-order valence-corrected chi connectivity index (χ2v) is 2.59. The molecule has 1 atom stereocenters. The number of hydrogen-bond donors (Lipinski definition) is 2. The highest BCUT2D eigenvalue weighted by Crippen LogP contribution is 2.09. The molecule has 0 spiro atoms. The summed E-state index contributed by atoms with van der Waals surface area (Å²) in [7, 11) is 1.76. The van der Waals surface area contributed by atoms with E-state index >= 15 is 0 Å². The minimum absolute atomic E-state index is 0.179. The van der Waals surface area contributed by atoms with Gasteiger partial charge in [0.1, 0.15) is 0 Å². The van der Waals surface area contributed by atoms with Crippen LogP contribution in [0.1, 0.15) is 18.7 Å². The largest absolute Gasteiger partial charge is 0.368 e. The van der Waals surface area contributed by atoms with Crippen LogP contribution in [-0.4, -0.2) is 21.3 Å². The van der Waals surface area contributed by atoms with E-state index in [0.29, 0.717) is 18.3 Å². The lowest BCUT2D eigenvalue weighted by Crippen LogP contribution is -2.10. The lowest BCUT2D eigenvalue weighted by Gasteiger charge is -1.99. The molecule has 1 aromatic rings. The van der Waals surface area contributed by atoms with E-state index < -0.39 is 0 Å². The Labute approximate surface area is 65.4 Å². The van der Waals surface area contributed by atoms with Gasteiger partial charge in [0.15, 0.2) is 5.82 Å². The van der Waals surface area contributed by atoms with Crippen molar-refractivity contribution in [2.75, 3.05) is 12.3 Å². The Hall–Kier alpha value is -1.10. The van der Waals surface area contributed by atoms with Crippen LogP contribution in [0.15, 0.2) is 0 Å². The molecule has 0 saturated heterocycles. The predicted molar refractivity (Wildman–Crippen MR) is 42.9 cm³/mol. The van der Waals surface area contributed by atoms with Gasteiger partial charge in [-0.05, 0) is 0 Å². The fourth-order valence-electron chi connectivity index (χ4n) is 0.731. The molecule has 0 aromatic carbocycles. The third kappa shape index (κ3) is 1.48. The van der Waals surface area contributed by atoms with Crippen LogP contribution in [0.3, 0.4) is 0 Å². The highest BCUT2D eigenvalue weighted by Gasteiger charge is 2.09. The third-order valence-corrected chi connectivity index (χ3v) is 1.61. The molecule has 0 bridgehead atoms. The summed E-state index contributed by atoms with van der Waals surface area (Å²) < 4.78 is 1.54. The molecular weight excluding hydrogens is 142 g/mol. The molecule has 0 amide bonds. The minimum Gasteiger partial charge on any atom is -0.368 e. The van der Waals surface area contributed by atoms with Crippen LogP contribution in [0.2, 0.25) is 0 Å². The Balaban J connectivity index is 2.88. The first-order valence-corrected chi connectivity index (χ1v) is 3.51. The van der Waals surface area contributed by atoms with Crippen LogP contribution in [0.25, 0.3) is 0 Å². The van der Waals surface area contributed by atoms with Crippen molar-refractivity contribution in [2.45, 2.75) is 12.8 Å². The summed E-state index contributed by atoms with van der Waals surface area (Å²) in [4.78, 5) is 4.03. The summed E-state index contributed by atoms with van der Waals surface area (Å²) in [6.07, 6.45) is 0. The van der Waals surface area contributed by atoms with Gasteiger partial charge >= 0.3 is 0 Å². The smallest absolute Gasteiger partial charge is 0.218 e. The lowest BCUT2D eigenvalue weighted by molar-refractivity contribution is 0.681. The average Bonchev–Trinajstić information content (AvgIpc) is 2.31. The molecule has 1 rings (SSSR count). The number of nitrogen functional groups attached to an aromatic ring is 1. The number of rotatable bonds is 2. The number of hydrogen-bond acceptors (Lipinski definition) is 4. The number of aromatic nitrogens is 3. The maximum absolute atomic E-state index is 5.48. The van der Waals surface area contributed by atoms with Crippen molar-refractivity contribution in [3.8, 4) is 0 Å². The first-order chi connectivity index (χ1) is 5.15. The van der Waals surface area contributed by atoms with Gasteiger partial charge in [-0.1, -0.05) is 6.92 Å². The van der Waals surface area contributed by atoms with E-state index in [-0.39, 0.29) is 5.92 Å². The minimum atomic E-state index is 0.179. The molecule has 1 heterocycles. The van der Waals surface area contributed by atoms with E-state index in [1.165, 1.54) is 0 Å². The van der Waals surface area contributed by atoms with Crippen molar-refractivity contribution in [3.63, 3.8) is 0 Å². The van der Waals surface area contributed by atoms with Gasteiger partial charge in [0.25, 0.3) is 0 Å². The van der Waals surface area contributed by atoms with Gasteiger partial charge in [-0.3, -0.25) is 0 Å². The molecular formula is C6H13N5. The SMILES string of the molecule is CC(CN)c1nc(N)n(C)n1. The van der Waals surface area contributed by atoms with Gasteiger partial charge in [-0.15, -0.1) is 0 Å². The summed E-state index contributed by atoms with van der Waals surface area (Å²) in [6, 6.07) is 0. The van der Waals surface area contributed by atoms with E-state index in [2.05, 4.69) is 10.1 Å². The zero-order valence-corrected chi connectivity index (χ0v) is 6.78. The van der Waals surface area contributed by atoms with Crippen LogP contribution in [-0.2, 0) is 7.05 Å². The van der Waals surface area contributed by atoms with Crippen LogP contribution in [0.4, 0.5) is 5.95 Å². The molecule has 1 unspecified atom stereocenters. The van der Waals surface area contributed by atoms with Crippen molar-refractivity contribution >= 4 is 5.95 Å². The average molecular weight is 155 g/mol. The highest BCUT2D eigenvalue weighted by atomic mass is 15.4. The van der Waals surface area contributed by atoms with Crippen LogP contribution >= 0.6 is 0 Å². The van der Waals surface area contributed by atoms with Gasteiger partial charge in [0.2, 0.25) is 5.95 Å². The van der Waals surface area contributed by atoms with Crippen molar-refractivity contribution < 1.29 is 0 Å². The third-order valence-electron chi connectivity index (χ3n) is 1.61. The topological polar surface area (TPSA) is 82.7 Å². The molecule has 11 heavy (non-hydrogen) atoms. The highest BCUT2D eigenvalue weighted by molar-refractivity contribution is 5.16. The maximum atomic E-state index is 5.48. The lowest BCUT2D eigenvalue weighted by atomic mass is 10.2. The number of aryl methyl sites for hydroxylation is 1. The summed E-state index contributed by atoms with van der Waals surface area (Å²) >= 11 is 0. The zero-order valence-electron chi connectivity index (χ0n) is 6.78. The van der Waals surface area contributed by atoms with Gasteiger partial charge in [0.05, 0.1) is 0 Å². The number of anilines is 1. The van der Waals surface area contributed by atoms with Gasteiger partial charge in [-0.2, -0.15) is 10.1 Å². The fraction of sp³-hybridized carbons (Fsp3) is 0.667. The molecule has 62 valence electrons. The molecule has 0 aliphatic carbocycles. The Morgan fingerprint density at radius 1 is 1.64 bits per heavy atom. The molecule has 0 saturated carbocycles. The van der Waals surface area contributed by atoms with Crippen LogP contribution < -0.4 is 11.5 Å². The molecule has 5 nitrogen and oxygen atoms in total. The first kappa shape index (κ1) is 8.00. The van der Waals surface area contributed by atoms with Crippen LogP contribution in [0.5, 0.6) is 0 Å². The molecule has 0 aliphatic rings. The summed E-state index contributed by atoms with van der Waals surface area (Å²) in [5.41, 5.74) is 10.9. The van der Waals surface area contributed by atoms with Crippen molar-refractivity contribution in [1.82, 2.24) is 14.8 Å². The van der Waals surface area contributed by atoms with Gasteiger partial charge in [-0.25, -0.2) is 4.68 Å². The number of nitrogens with zero attached hydrogens (tertiary/aromatic N) is 3. The Morgan fingerprint density at radius 3 is 2.64 bits per heavy atom. The maximum Gasteiger partial charge on any atom is 0.218 e. The van der Waals surface area contributed by atoms with E-state index in [1.54, 1.807) is 11.7 Å². The van der Waals surface area contributed by atoms with E-state index in [4.69, 9.17) is 11.5 Å². The summed E-state index contributed by atoms with van der Waals surface area (Å²) in [6.45, 7) is 2.51. The number of nitrogens with two attached hydrogens (primary N) is 2. The summed E-state index contributed by atoms with van der Waals surface area (Å²) in [5, 5.41) is 4.08. The fourth-order valence-corrected chi connectivity index (χ4v) is 0.731. The quantitative estimate of drug-likeness (QED) is 0.600. The van der Waals surface area contributed by atoms with Crippen molar-refractivity contribution in [1.29, 1.82) is 0 Å². The Bertz CT molecular complexity index is 222. The Morgan fingerprint density at radius 2 is 2.27 bits per heavy atom. The molecule has 0 radical (unpaired) electrons. The molecule has 4 N–H and O–H groups in total. The van der Waals surface area contributed by atoms with Crippen molar-refractivity contribution in [3.05, 3.63) is 5.82 Å². The van der Waals surface area contributed by atoms with Crippen LogP contribution in [0, 0.1) is 0 Å². The van der Waals surface area contributed by atoms with E-state index in [1.807, 2.05) is 6.92 Å². The van der Waals surface area contributed by atoms with Crippen molar-refractivity contribution in [2.24, 2.45) is 12.8 Å². The monoisotopic (exact) mass is 155 g/mol. The molecule has 5 heteroatoms. The molecule has 0 aliphatic heterocycles. The second-order valence-electron chi connectivity index (χ2n) is 2.59. The van der Waals surface area contributed by atoms with Gasteiger partial charge in [0, 0.05) is 19.5 Å². The van der Waals surface area contributed by atoms with E-state index in [9.17, 15) is 0 Å². The predicted octanol–water partition coefficient (Wildman–Crippen LogP) is -0.540. The van der Waals surface area contributed by atoms with E-state index in [0.717, 1.165) is 0 Å². The second kappa shape index (κ2) is 2.87. The molecule has 0 fully saturated rings. The summed E-state index contributed by atoms with van der Waals surface area (Å²) in [5.74, 6) is 1.33. The normalized spacial score (nSPS) is 13.4. The first-order valence-electron chi connectivity index (χ1n) is 3.51. The standard InChI is InChI=1S/C6H13N5/c1-4(3-7)5-9-6(8)11(2)10-5/h4H,3,7H2,1-2H3,(H2,8,9,10). The molecule has 1 aromatic heterocycles.